The highest BCUT2D eigenvalue weighted by Gasteiger charge is 2.31. The molecule has 0 spiro atoms. The Bertz CT molecular complexity index is 1340. The van der Waals surface area contributed by atoms with Crippen molar-refractivity contribution < 1.29 is 14.6 Å². The fourth-order valence-corrected chi connectivity index (χ4v) is 5.18. The molecule has 4 heteroatoms. The number of hydrogen-bond acceptors (Lipinski definition) is 3. The highest BCUT2D eigenvalue weighted by atomic mass is 16.5. The lowest BCUT2D eigenvalue weighted by Crippen LogP contribution is -2.36. The van der Waals surface area contributed by atoms with Crippen LogP contribution in [0.3, 0.4) is 0 Å². The van der Waals surface area contributed by atoms with Crippen LogP contribution in [0.15, 0.2) is 84.9 Å². The maximum atomic E-state index is 14.3. The van der Waals surface area contributed by atoms with E-state index >= 15 is 0 Å². The molecular weight excluding hydrogens is 434 g/mol. The van der Waals surface area contributed by atoms with E-state index in [-0.39, 0.29) is 11.8 Å². The van der Waals surface area contributed by atoms with Gasteiger partial charge in [-0.1, -0.05) is 60.7 Å². The first-order chi connectivity index (χ1) is 17.0. The number of nitrogens with zero attached hydrogens (tertiary/aromatic N) is 1. The summed E-state index contributed by atoms with van der Waals surface area (Å²) in [5.41, 5.74) is 5.08. The van der Waals surface area contributed by atoms with E-state index in [9.17, 15) is 9.90 Å². The third-order valence-electron chi connectivity index (χ3n) is 7.13. The smallest absolute Gasteiger partial charge is 0.234 e. The van der Waals surface area contributed by atoms with Crippen LogP contribution < -0.4 is 9.64 Å². The van der Waals surface area contributed by atoms with Crippen molar-refractivity contribution in [1.29, 1.82) is 0 Å². The molecule has 0 heterocycles. The van der Waals surface area contributed by atoms with Gasteiger partial charge in [-0.15, -0.1) is 0 Å². The molecule has 1 aliphatic carbocycles. The van der Waals surface area contributed by atoms with Crippen LogP contribution >= 0.6 is 0 Å². The molecule has 4 nitrogen and oxygen atoms in total. The van der Waals surface area contributed by atoms with Crippen LogP contribution in [-0.4, -0.2) is 18.1 Å². The number of benzene rings is 4. The van der Waals surface area contributed by atoms with Crippen molar-refractivity contribution in [2.45, 2.75) is 44.8 Å². The van der Waals surface area contributed by atoms with Crippen molar-refractivity contribution in [3.63, 3.8) is 0 Å². The summed E-state index contributed by atoms with van der Waals surface area (Å²) in [6, 6.07) is 28.4. The van der Waals surface area contributed by atoms with Gasteiger partial charge in [0.1, 0.15) is 5.75 Å². The quantitative estimate of drug-likeness (QED) is 0.351. The fourth-order valence-electron chi connectivity index (χ4n) is 5.18. The van der Waals surface area contributed by atoms with Gasteiger partial charge >= 0.3 is 0 Å². The Morgan fingerprint density at radius 2 is 1.80 bits per heavy atom. The minimum Gasteiger partial charge on any atom is -0.497 e. The van der Waals surface area contributed by atoms with E-state index in [1.807, 2.05) is 53.4 Å². The summed E-state index contributed by atoms with van der Waals surface area (Å²) in [7, 11) is 1.66. The van der Waals surface area contributed by atoms with Gasteiger partial charge in [0, 0.05) is 5.69 Å². The number of hydrogen-bond donors (Lipinski definition) is 1. The number of ether oxygens (including phenoxy) is 1. The molecule has 0 saturated carbocycles. The second-order valence-electron chi connectivity index (χ2n) is 9.34. The lowest BCUT2D eigenvalue weighted by atomic mass is 9.81. The van der Waals surface area contributed by atoms with Crippen molar-refractivity contribution in [2.75, 3.05) is 12.0 Å². The molecule has 178 valence electrons. The third kappa shape index (κ3) is 4.67. The van der Waals surface area contributed by atoms with E-state index < -0.39 is 6.10 Å². The second-order valence-corrected chi connectivity index (χ2v) is 9.34. The molecule has 0 bridgehead atoms. The minimum absolute atomic E-state index is 0.0944. The van der Waals surface area contributed by atoms with E-state index in [1.54, 1.807) is 14.0 Å². The molecule has 2 atom stereocenters. The van der Waals surface area contributed by atoms with E-state index in [2.05, 4.69) is 36.4 Å². The summed E-state index contributed by atoms with van der Waals surface area (Å²) in [6.07, 6.45) is 2.23. The van der Waals surface area contributed by atoms with E-state index in [4.69, 9.17) is 4.74 Å². The number of amides is 1. The zero-order valence-corrected chi connectivity index (χ0v) is 20.3. The van der Waals surface area contributed by atoms with Crippen LogP contribution in [0.2, 0.25) is 0 Å². The Labute approximate surface area is 206 Å². The summed E-state index contributed by atoms with van der Waals surface area (Å²) in [6.45, 7) is 2.23. The predicted octanol–water partition coefficient (Wildman–Crippen LogP) is 6.56. The zero-order chi connectivity index (χ0) is 24.4. The number of methoxy groups -OCH3 is 1. The van der Waals surface area contributed by atoms with Gasteiger partial charge in [-0.2, -0.15) is 0 Å². The molecule has 35 heavy (non-hydrogen) atoms. The van der Waals surface area contributed by atoms with Crippen molar-refractivity contribution in [1.82, 2.24) is 0 Å². The molecule has 0 saturated heterocycles. The average Bonchev–Trinajstić information content (AvgIpc) is 2.90. The van der Waals surface area contributed by atoms with Gasteiger partial charge in [-0.05, 0) is 83.5 Å². The minimum atomic E-state index is -0.552. The summed E-state index contributed by atoms with van der Waals surface area (Å²) in [5, 5.41) is 12.3. The first-order valence-corrected chi connectivity index (χ1v) is 12.3. The highest BCUT2D eigenvalue weighted by Crippen LogP contribution is 2.37. The van der Waals surface area contributed by atoms with Crippen LogP contribution in [0.1, 0.15) is 54.0 Å². The molecule has 0 fully saturated rings. The number of carbonyl (C=O) groups excluding carboxylic acids is 1. The lowest BCUT2D eigenvalue weighted by Gasteiger charge is -2.32. The second kappa shape index (κ2) is 9.93. The molecule has 1 N–H and O–H groups in total. The van der Waals surface area contributed by atoms with E-state index in [0.717, 1.165) is 58.2 Å². The summed E-state index contributed by atoms with van der Waals surface area (Å²) in [4.78, 5) is 16.2. The first kappa shape index (κ1) is 23.1. The SMILES string of the molecule is COc1ccc2c(c1)C(C(=O)N(Cc1cccc3ccccc13)c1ccc(C(C)O)cc1)CCC2. The fraction of sp³-hybridized carbons (Fsp3) is 0.258. The molecule has 2 unspecified atom stereocenters. The number of rotatable bonds is 6. The Balaban J connectivity index is 1.57. The molecule has 1 amide bonds. The van der Waals surface area contributed by atoms with Crippen LogP contribution in [0.4, 0.5) is 5.69 Å². The number of aliphatic hydroxyl groups is 1. The van der Waals surface area contributed by atoms with Gasteiger partial charge in [-0.25, -0.2) is 0 Å². The van der Waals surface area contributed by atoms with Crippen LogP contribution in [-0.2, 0) is 17.8 Å². The van der Waals surface area contributed by atoms with Gasteiger partial charge in [0.15, 0.2) is 0 Å². The maximum Gasteiger partial charge on any atom is 0.234 e. The number of carbonyl (C=O) groups is 1. The Morgan fingerprint density at radius 3 is 2.57 bits per heavy atom. The molecular formula is C31H31NO3. The van der Waals surface area contributed by atoms with Crippen molar-refractivity contribution in [3.05, 3.63) is 107 Å². The standard InChI is InChI=1S/C31H31NO3/c1-21(33)22-13-16-26(17-14-22)32(20-25-10-5-8-23-7-3-4-11-28(23)25)31(34)29-12-6-9-24-15-18-27(35-2)19-30(24)29/h3-5,7-8,10-11,13-19,21,29,33H,6,9,12,20H2,1-2H3. The normalized spacial score (nSPS) is 15.9. The number of anilines is 1. The van der Waals surface area contributed by atoms with Gasteiger partial charge in [-0.3, -0.25) is 4.79 Å². The number of fused-ring (bicyclic) bond motifs is 2. The summed E-state index contributed by atoms with van der Waals surface area (Å²) < 4.78 is 5.48. The number of aliphatic hydroxyl groups excluding tert-OH is 1. The number of aryl methyl sites for hydroxylation is 1. The highest BCUT2D eigenvalue weighted by molar-refractivity contribution is 5.99. The predicted molar refractivity (Wildman–Crippen MR) is 141 cm³/mol. The van der Waals surface area contributed by atoms with Crippen molar-refractivity contribution in [3.8, 4) is 5.75 Å². The molecule has 0 aliphatic heterocycles. The largest absolute Gasteiger partial charge is 0.497 e. The van der Waals surface area contributed by atoms with Crippen LogP contribution in [0, 0.1) is 0 Å². The Morgan fingerprint density at radius 1 is 1.03 bits per heavy atom. The molecule has 0 radical (unpaired) electrons. The van der Waals surface area contributed by atoms with E-state index in [1.165, 1.54) is 5.56 Å². The van der Waals surface area contributed by atoms with Gasteiger partial charge in [0.25, 0.3) is 0 Å². The molecule has 1 aliphatic rings. The van der Waals surface area contributed by atoms with Crippen LogP contribution in [0.25, 0.3) is 10.8 Å². The van der Waals surface area contributed by atoms with Gasteiger partial charge in [0.2, 0.25) is 5.91 Å². The summed E-state index contributed by atoms with van der Waals surface area (Å²) >= 11 is 0. The first-order valence-electron chi connectivity index (χ1n) is 12.3. The maximum absolute atomic E-state index is 14.3. The lowest BCUT2D eigenvalue weighted by molar-refractivity contribution is -0.120. The molecule has 4 aromatic carbocycles. The van der Waals surface area contributed by atoms with Gasteiger partial charge < -0.3 is 14.7 Å². The Hall–Kier alpha value is -3.63. The van der Waals surface area contributed by atoms with Crippen molar-refractivity contribution >= 4 is 22.4 Å². The van der Waals surface area contributed by atoms with E-state index in [0.29, 0.717) is 6.54 Å². The molecule has 4 aromatic rings. The zero-order valence-electron chi connectivity index (χ0n) is 20.3. The summed E-state index contributed by atoms with van der Waals surface area (Å²) in [5.74, 6) is 0.655. The topological polar surface area (TPSA) is 49.8 Å². The van der Waals surface area contributed by atoms with Crippen molar-refractivity contribution in [2.24, 2.45) is 0 Å². The Kier molecular flexibility index (Phi) is 6.56. The molecule has 5 rings (SSSR count). The van der Waals surface area contributed by atoms with Gasteiger partial charge in [0.05, 0.1) is 25.7 Å². The van der Waals surface area contributed by atoms with Crippen LogP contribution in [0.5, 0.6) is 5.75 Å². The third-order valence-corrected chi connectivity index (χ3v) is 7.13. The monoisotopic (exact) mass is 465 g/mol. The molecule has 0 aromatic heterocycles. The average molecular weight is 466 g/mol.